The minimum atomic E-state index is -0.274. The summed E-state index contributed by atoms with van der Waals surface area (Å²) in [5.74, 6) is -0.308. The molecule has 3 nitrogen and oxygen atoms in total. The van der Waals surface area contributed by atoms with E-state index in [4.69, 9.17) is 0 Å². The summed E-state index contributed by atoms with van der Waals surface area (Å²) >= 11 is 0. The van der Waals surface area contributed by atoms with E-state index in [1.54, 1.807) is 12.1 Å². The fraction of sp³-hybridized carbons (Fsp3) is 0.208. The van der Waals surface area contributed by atoms with Gasteiger partial charge in [-0.1, -0.05) is 60.7 Å². The third-order valence-electron chi connectivity index (χ3n) is 5.23. The fourth-order valence-corrected chi connectivity index (χ4v) is 3.82. The minimum Gasteiger partial charge on any atom is -0.348 e. The second kappa shape index (κ2) is 7.95. The summed E-state index contributed by atoms with van der Waals surface area (Å²) in [6, 6.07) is 22.8. The molecule has 142 valence electrons. The van der Waals surface area contributed by atoms with Crippen molar-refractivity contribution in [2.45, 2.75) is 26.1 Å². The SMILES string of the molecule is CC(NC(=O)CN1Cc2ccccc2-c2ccccc2C1)c1ccc(F)cc1. The van der Waals surface area contributed by atoms with Crippen LogP contribution in [-0.4, -0.2) is 17.4 Å². The number of hydrogen-bond acceptors (Lipinski definition) is 2. The Kier molecular flexibility index (Phi) is 5.22. The Hall–Kier alpha value is -2.98. The Morgan fingerprint density at radius 1 is 0.929 bits per heavy atom. The van der Waals surface area contributed by atoms with Gasteiger partial charge in [0.25, 0.3) is 0 Å². The Morgan fingerprint density at radius 3 is 2.04 bits per heavy atom. The maximum atomic E-state index is 13.1. The average Bonchev–Trinajstić information content (AvgIpc) is 2.84. The molecule has 0 spiro atoms. The predicted molar refractivity (Wildman–Crippen MR) is 109 cm³/mol. The molecule has 0 saturated carbocycles. The first kappa shape index (κ1) is 18.4. The number of nitrogens with one attached hydrogen (secondary N) is 1. The molecule has 1 aliphatic rings. The number of carbonyl (C=O) groups excluding carboxylic acids is 1. The van der Waals surface area contributed by atoms with Crippen LogP contribution >= 0.6 is 0 Å². The van der Waals surface area contributed by atoms with Crippen LogP contribution in [0.15, 0.2) is 72.8 Å². The van der Waals surface area contributed by atoms with Gasteiger partial charge in [-0.05, 0) is 46.9 Å². The van der Waals surface area contributed by atoms with Crippen LogP contribution in [0.5, 0.6) is 0 Å². The van der Waals surface area contributed by atoms with Crippen LogP contribution in [0.3, 0.4) is 0 Å². The van der Waals surface area contributed by atoms with Crippen molar-refractivity contribution in [2.75, 3.05) is 6.54 Å². The van der Waals surface area contributed by atoms with Gasteiger partial charge in [-0.2, -0.15) is 0 Å². The highest BCUT2D eigenvalue weighted by molar-refractivity contribution is 5.79. The predicted octanol–water partition coefficient (Wildman–Crippen LogP) is 4.69. The van der Waals surface area contributed by atoms with Gasteiger partial charge < -0.3 is 5.32 Å². The van der Waals surface area contributed by atoms with Crippen LogP contribution < -0.4 is 5.32 Å². The fourth-order valence-electron chi connectivity index (χ4n) is 3.82. The van der Waals surface area contributed by atoms with Gasteiger partial charge in [0, 0.05) is 13.1 Å². The van der Waals surface area contributed by atoms with Gasteiger partial charge in [-0.25, -0.2) is 4.39 Å². The second-order valence-corrected chi connectivity index (χ2v) is 7.30. The van der Waals surface area contributed by atoms with E-state index in [1.807, 2.05) is 19.1 Å². The van der Waals surface area contributed by atoms with Crippen molar-refractivity contribution < 1.29 is 9.18 Å². The van der Waals surface area contributed by atoms with Crippen molar-refractivity contribution in [1.29, 1.82) is 0 Å². The second-order valence-electron chi connectivity index (χ2n) is 7.30. The maximum absolute atomic E-state index is 13.1. The van der Waals surface area contributed by atoms with Crippen LogP contribution in [0.25, 0.3) is 11.1 Å². The van der Waals surface area contributed by atoms with Crippen molar-refractivity contribution in [3.05, 3.63) is 95.3 Å². The zero-order valence-corrected chi connectivity index (χ0v) is 15.9. The monoisotopic (exact) mass is 374 g/mol. The van der Waals surface area contributed by atoms with E-state index in [9.17, 15) is 9.18 Å². The maximum Gasteiger partial charge on any atom is 0.234 e. The summed E-state index contributed by atoms with van der Waals surface area (Å²) in [5.41, 5.74) is 5.82. The molecular weight excluding hydrogens is 351 g/mol. The molecule has 3 aromatic carbocycles. The van der Waals surface area contributed by atoms with E-state index in [-0.39, 0.29) is 17.8 Å². The zero-order chi connectivity index (χ0) is 19.5. The highest BCUT2D eigenvalue weighted by Gasteiger charge is 2.21. The first-order chi connectivity index (χ1) is 13.6. The summed E-state index contributed by atoms with van der Waals surface area (Å²) in [4.78, 5) is 14.8. The molecule has 4 heteroatoms. The normalized spacial score (nSPS) is 14.5. The van der Waals surface area contributed by atoms with Crippen LogP contribution in [-0.2, 0) is 17.9 Å². The highest BCUT2D eigenvalue weighted by Crippen LogP contribution is 2.32. The topological polar surface area (TPSA) is 32.3 Å². The van der Waals surface area contributed by atoms with Gasteiger partial charge in [0.15, 0.2) is 0 Å². The van der Waals surface area contributed by atoms with Gasteiger partial charge >= 0.3 is 0 Å². The third kappa shape index (κ3) is 3.97. The molecule has 0 fully saturated rings. The highest BCUT2D eigenvalue weighted by atomic mass is 19.1. The Morgan fingerprint density at radius 2 is 1.46 bits per heavy atom. The molecule has 0 radical (unpaired) electrons. The molecule has 0 aromatic heterocycles. The minimum absolute atomic E-state index is 0.0336. The molecule has 0 aliphatic carbocycles. The average molecular weight is 374 g/mol. The summed E-state index contributed by atoms with van der Waals surface area (Å²) in [6.45, 7) is 3.68. The molecular formula is C24H23FN2O. The van der Waals surface area contributed by atoms with Crippen molar-refractivity contribution in [3.8, 4) is 11.1 Å². The van der Waals surface area contributed by atoms with E-state index in [1.165, 1.54) is 34.4 Å². The third-order valence-corrected chi connectivity index (χ3v) is 5.23. The van der Waals surface area contributed by atoms with Crippen molar-refractivity contribution >= 4 is 5.91 Å². The van der Waals surface area contributed by atoms with E-state index >= 15 is 0 Å². The number of hydrogen-bond donors (Lipinski definition) is 1. The number of halogens is 1. The molecule has 1 atom stereocenters. The lowest BCUT2D eigenvalue weighted by Gasteiger charge is -2.22. The summed E-state index contributed by atoms with van der Waals surface area (Å²) < 4.78 is 13.1. The van der Waals surface area contributed by atoms with Gasteiger partial charge in [0.1, 0.15) is 5.82 Å². The van der Waals surface area contributed by atoms with E-state index in [0.717, 1.165) is 18.7 Å². The Balaban J connectivity index is 1.49. The van der Waals surface area contributed by atoms with Crippen LogP contribution in [0, 0.1) is 5.82 Å². The van der Waals surface area contributed by atoms with Gasteiger partial charge in [-0.15, -0.1) is 0 Å². The largest absolute Gasteiger partial charge is 0.348 e. The number of amides is 1. The first-order valence-electron chi connectivity index (χ1n) is 9.53. The van der Waals surface area contributed by atoms with E-state index in [2.05, 4.69) is 46.6 Å². The number of carbonyl (C=O) groups is 1. The zero-order valence-electron chi connectivity index (χ0n) is 15.9. The first-order valence-corrected chi connectivity index (χ1v) is 9.53. The molecule has 0 bridgehead atoms. The van der Waals surface area contributed by atoms with Crippen LogP contribution in [0.4, 0.5) is 4.39 Å². The van der Waals surface area contributed by atoms with Gasteiger partial charge in [0.2, 0.25) is 5.91 Å². The lowest BCUT2D eigenvalue weighted by Crippen LogP contribution is -2.37. The molecule has 1 heterocycles. The molecule has 0 saturated heterocycles. The number of nitrogens with zero attached hydrogens (tertiary/aromatic N) is 1. The van der Waals surface area contributed by atoms with Crippen molar-refractivity contribution in [1.82, 2.24) is 10.2 Å². The number of rotatable bonds is 4. The lowest BCUT2D eigenvalue weighted by atomic mass is 9.97. The van der Waals surface area contributed by atoms with E-state index < -0.39 is 0 Å². The quantitative estimate of drug-likeness (QED) is 0.719. The molecule has 1 N–H and O–H groups in total. The molecule has 3 aromatic rings. The molecule has 4 rings (SSSR count). The molecule has 1 aliphatic heterocycles. The Labute approximate surface area is 164 Å². The summed E-state index contributed by atoms with van der Waals surface area (Å²) in [5, 5.41) is 3.03. The molecule has 1 amide bonds. The molecule has 1 unspecified atom stereocenters. The van der Waals surface area contributed by atoms with Crippen molar-refractivity contribution in [2.24, 2.45) is 0 Å². The molecule has 28 heavy (non-hydrogen) atoms. The summed E-state index contributed by atoms with van der Waals surface area (Å²) in [6.07, 6.45) is 0. The van der Waals surface area contributed by atoms with Gasteiger partial charge in [-0.3, -0.25) is 9.69 Å². The lowest BCUT2D eigenvalue weighted by molar-refractivity contribution is -0.123. The van der Waals surface area contributed by atoms with E-state index in [0.29, 0.717) is 6.54 Å². The Bertz CT molecular complexity index is 936. The van der Waals surface area contributed by atoms with Crippen molar-refractivity contribution in [3.63, 3.8) is 0 Å². The standard InChI is InChI=1S/C24H23FN2O/c1-17(18-10-12-21(25)13-11-18)26-24(28)16-27-14-19-6-2-4-8-22(19)23-9-5-3-7-20(23)15-27/h2-13,17H,14-16H2,1H3,(H,26,28). The number of fused-ring (bicyclic) bond motifs is 3. The van der Waals surface area contributed by atoms with Crippen LogP contribution in [0.2, 0.25) is 0 Å². The smallest absolute Gasteiger partial charge is 0.234 e. The van der Waals surface area contributed by atoms with Crippen LogP contribution in [0.1, 0.15) is 29.7 Å². The van der Waals surface area contributed by atoms with Gasteiger partial charge in [0.05, 0.1) is 12.6 Å². The summed E-state index contributed by atoms with van der Waals surface area (Å²) in [7, 11) is 0. The number of benzene rings is 3.